The maximum Gasteiger partial charge on any atom is 0.270 e. The number of hydrogen-bond acceptors (Lipinski definition) is 2. The van der Waals surface area contributed by atoms with E-state index in [2.05, 4.69) is 10.3 Å². The summed E-state index contributed by atoms with van der Waals surface area (Å²) in [5.41, 5.74) is 0.519. The number of carbonyl (C=O) groups is 1. The highest BCUT2D eigenvalue weighted by atomic mass is 19.1. The van der Waals surface area contributed by atoms with Crippen LogP contribution >= 0.6 is 0 Å². The fourth-order valence-corrected chi connectivity index (χ4v) is 1.72. The number of pyridine rings is 1. The predicted molar refractivity (Wildman–Crippen MR) is 62.2 cm³/mol. The lowest BCUT2D eigenvalue weighted by Crippen LogP contribution is -2.26. The Morgan fingerprint density at radius 3 is 2.88 bits per heavy atom. The van der Waals surface area contributed by atoms with Crippen LogP contribution < -0.4 is 5.32 Å². The summed E-state index contributed by atoms with van der Waals surface area (Å²) in [5, 5.41) is 3.53. The Balaban J connectivity index is 1.99. The zero-order valence-corrected chi connectivity index (χ0v) is 9.11. The Kier molecular flexibility index (Phi) is 2.28. The summed E-state index contributed by atoms with van der Waals surface area (Å²) in [6.45, 7) is 0. The number of aromatic nitrogens is 1. The smallest absolute Gasteiger partial charge is 0.270 e. The highest BCUT2D eigenvalue weighted by Crippen LogP contribution is 2.20. The van der Waals surface area contributed by atoms with Gasteiger partial charge in [-0.15, -0.1) is 0 Å². The van der Waals surface area contributed by atoms with Gasteiger partial charge in [0.05, 0.1) is 0 Å². The van der Waals surface area contributed by atoms with Gasteiger partial charge in [0, 0.05) is 11.4 Å². The molecule has 4 heteroatoms. The Bertz CT molecular complexity index is 593. The summed E-state index contributed by atoms with van der Waals surface area (Å²) in [6, 6.07) is 8.36. The Morgan fingerprint density at radius 1 is 1.29 bits per heavy atom. The van der Waals surface area contributed by atoms with Gasteiger partial charge in [-0.2, -0.15) is 0 Å². The summed E-state index contributed by atoms with van der Waals surface area (Å²) in [4.78, 5) is 15.8. The van der Waals surface area contributed by atoms with Crippen LogP contribution in [0.1, 0.15) is 23.3 Å². The van der Waals surface area contributed by atoms with E-state index in [-0.39, 0.29) is 23.2 Å². The van der Waals surface area contributed by atoms with E-state index < -0.39 is 5.82 Å². The number of amides is 1. The first-order valence-electron chi connectivity index (χ1n) is 5.60. The molecule has 1 N–H and O–H groups in total. The first kappa shape index (κ1) is 10.2. The van der Waals surface area contributed by atoms with Crippen LogP contribution in [0.5, 0.6) is 0 Å². The first-order valence-corrected chi connectivity index (χ1v) is 5.60. The van der Waals surface area contributed by atoms with Crippen molar-refractivity contribution in [2.24, 2.45) is 0 Å². The number of carbonyl (C=O) groups excluding carboxylic acids is 1. The highest BCUT2D eigenvalue weighted by molar-refractivity contribution is 5.95. The van der Waals surface area contributed by atoms with Crippen LogP contribution in [-0.4, -0.2) is 16.9 Å². The molecule has 1 aromatic heterocycles. The number of nitrogens with zero attached hydrogens (tertiary/aromatic N) is 1. The van der Waals surface area contributed by atoms with Gasteiger partial charge >= 0.3 is 0 Å². The van der Waals surface area contributed by atoms with Gasteiger partial charge in [0.2, 0.25) is 0 Å². The molecule has 1 saturated carbocycles. The second-order valence-corrected chi connectivity index (χ2v) is 4.26. The molecule has 86 valence electrons. The van der Waals surface area contributed by atoms with Gasteiger partial charge in [-0.05, 0) is 25.0 Å². The lowest BCUT2D eigenvalue weighted by atomic mass is 10.2. The topological polar surface area (TPSA) is 42.0 Å². The van der Waals surface area contributed by atoms with Crippen LogP contribution in [0.2, 0.25) is 0 Å². The van der Waals surface area contributed by atoms with Crippen LogP contribution in [0.3, 0.4) is 0 Å². The van der Waals surface area contributed by atoms with Crippen LogP contribution in [0.4, 0.5) is 4.39 Å². The minimum absolute atomic E-state index is 0.224. The third-order valence-electron chi connectivity index (χ3n) is 2.82. The molecule has 0 spiro atoms. The molecular weight excluding hydrogens is 219 g/mol. The van der Waals surface area contributed by atoms with Crippen LogP contribution in [0, 0.1) is 5.82 Å². The molecule has 17 heavy (non-hydrogen) atoms. The minimum atomic E-state index is -0.399. The second kappa shape index (κ2) is 3.80. The predicted octanol–water partition coefficient (Wildman–Crippen LogP) is 2.27. The summed E-state index contributed by atoms with van der Waals surface area (Å²) < 4.78 is 13.5. The fraction of sp³-hybridized carbons (Fsp3) is 0.231. The number of para-hydroxylation sites is 1. The zero-order chi connectivity index (χ0) is 11.8. The maximum atomic E-state index is 13.5. The normalized spacial score (nSPS) is 14.9. The molecule has 1 heterocycles. The quantitative estimate of drug-likeness (QED) is 0.859. The molecular formula is C13H11FN2O. The summed E-state index contributed by atoms with van der Waals surface area (Å²) in [5.74, 6) is -0.624. The average molecular weight is 230 g/mol. The number of rotatable bonds is 2. The van der Waals surface area contributed by atoms with E-state index in [0.29, 0.717) is 5.39 Å². The zero-order valence-electron chi connectivity index (χ0n) is 9.11. The van der Waals surface area contributed by atoms with E-state index in [9.17, 15) is 9.18 Å². The molecule has 1 amide bonds. The van der Waals surface area contributed by atoms with E-state index >= 15 is 0 Å². The summed E-state index contributed by atoms with van der Waals surface area (Å²) in [7, 11) is 0. The number of fused-ring (bicyclic) bond motifs is 1. The molecule has 3 rings (SSSR count). The van der Waals surface area contributed by atoms with E-state index in [1.807, 2.05) is 0 Å². The van der Waals surface area contributed by atoms with Gasteiger partial charge in [-0.25, -0.2) is 9.37 Å². The SMILES string of the molecule is O=C(NC1CC1)c1ccc2cccc(F)c2n1. The number of halogens is 1. The van der Waals surface area contributed by atoms with E-state index in [4.69, 9.17) is 0 Å². The molecule has 0 atom stereocenters. The third-order valence-corrected chi connectivity index (χ3v) is 2.82. The molecule has 1 aliphatic carbocycles. The van der Waals surface area contributed by atoms with Crippen molar-refractivity contribution in [3.05, 3.63) is 41.8 Å². The second-order valence-electron chi connectivity index (χ2n) is 4.26. The summed E-state index contributed by atoms with van der Waals surface area (Å²) >= 11 is 0. The number of benzene rings is 1. The molecule has 0 saturated heterocycles. The standard InChI is InChI=1S/C13H11FN2O/c14-10-3-1-2-8-4-7-11(16-12(8)10)13(17)15-9-5-6-9/h1-4,7,9H,5-6H2,(H,15,17). The molecule has 0 unspecified atom stereocenters. The lowest BCUT2D eigenvalue weighted by molar-refractivity contribution is 0.0946. The molecule has 1 aromatic carbocycles. The Labute approximate surface area is 97.7 Å². The van der Waals surface area contributed by atoms with Gasteiger partial charge in [0.25, 0.3) is 5.91 Å². The van der Waals surface area contributed by atoms with Crippen molar-refractivity contribution in [1.82, 2.24) is 10.3 Å². The molecule has 3 nitrogen and oxygen atoms in total. The average Bonchev–Trinajstić information content (AvgIpc) is 3.13. The molecule has 0 radical (unpaired) electrons. The van der Waals surface area contributed by atoms with Crippen LogP contribution in [-0.2, 0) is 0 Å². The monoisotopic (exact) mass is 230 g/mol. The number of nitrogens with one attached hydrogen (secondary N) is 1. The molecule has 0 bridgehead atoms. The molecule has 1 aliphatic rings. The maximum absolute atomic E-state index is 13.5. The largest absolute Gasteiger partial charge is 0.348 e. The fourth-order valence-electron chi connectivity index (χ4n) is 1.72. The minimum Gasteiger partial charge on any atom is -0.348 e. The van der Waals surface area contributed by atoms with Crippen molar-refractivity contribution in [3.8, 4) is 0 Å². The molecule has 0 aliphatic heterocycles. The summed E-state index contributed by atoms with van der Waals surface area (Å²) in [6.07, 6.45) is 2.04. The van der Waals surface area contributed by atoms with Crippen LogP contribution in [0.15, 0.2) is 30.3 Å². The van der Waals surface area contributed by atoms with Crippen molar-refractivity contribution in [3.63, 3.8) is 0 Å². The van der Waals surface area contributed by atoms with Crippen molar-refractivity contribution < 1.29 is 9.18 Å². The van der Waals surface area contributed by atoms with Gasteiger partial charge in [0.1, 0.15) is 17.0 Å². The van der Waals surface area contributed by atoms with Crippen molar-refractivity contribution >= 4 is 16.8 Å². The molecule has 1 fully saturated rings. The third kappa shape index (κ3) is 1.98. The molecule has 2 aromatic rings. The van der Waals surface area contributed by atoms with Gasteiger partial charge in [-0.3, -0.25) is 4.79 Å². The Hall–Kier alpha value is -1.97. The van der Waals surface area contributed by atoms with Crippen molar-refractivity contribution in [2.75, 3.05) is 0 Å². The van der Waals surface area contributed by atoms with Gasteiger partial charge < -0.3 is 5.32 Å². The Morgan fingerprint density at radius 2 is 2.12 bits per heavy atom. The van der Waals surface area contributed by atoms with E-state index in [1.165, 1.54) is 6.07 Å². The van der Waals surface area contributed by atoms with Crippen molar-refractivity contribution in [1.29, 1.82) is 0 Å². The van der Waals surface area contributed by atoms with Gasteiger partial charge in [0.15, 0.2) is 0 Å². The van der Waals surface area contributed by atoms with E-state index in [1.54, 1.807) is 24.3 Å². The van der Waals surface area contributed by atoms with Crippen molar-refractivity contribution in [2.45, 2.75) is 18.9 Å². The van der Waals surface area contributed by atoms with Gasteiger partial charge in [-0.1, -0.05) is 18.2 Å². The van der Waals surface area contributed by atoms with Crippen LogP contribution in [0.25, 0.3) is 10.9 Å². The first-order chi connectivity index (χ1) is 8.24. The highest BCUT2D eigenvalue weighted by Gasteiger charge is 2.24. The van der Waals surface area contributed by atoms with E-state index in [0.717, 1.165) is 12.8 Å². The number of hydrogen-bond donors (Lipinski definition) is 1. The lowest BCUT2D eigenvalue weighted by Gasteiger charge is -2.04.